The van der Waals surface area contributed by atoms with Gasteiger partial charge >= 0.3 is 5.97 Å². The van der Waals surface area contributed by atoms with Crippen molar-refractivity contribution < 1.29 is 23.9 Å². The Morgan fingerprint density at radius 2 is 1.97 bits per heavy atom. The van der Waals surface area contributed by atoms with E-state index in [1.807, 2.05) is 0 Å². The number of hydrogen-bond acceptors (Lipinski definition) is 7. The number of aromatic nitrogens is 2. The van der Waals surface area contributed by atoms with E-state index in [-0.39, 0.29) is 30.0 Å². The van der Waals surface area contributed by atoms with Crippen LogP contribution in [0, 0.1) is 5.82 Å². The van der Waals surface area contributed by atoms with Gasteiger partial charge in [-0.2, -0.15) is 0 Å². The summed E-state index contributed by atoms with van der Waals surface area (Å²) in [6.07, 6.45) is 3.97. The number of rotatable bonds is 6. The Bertz CT molecular complexity index is 925. The topological polar surface area (TPSA) is 104 Å². The average molecular weight is 418 g/mol. The summed E-state index contributed by atoms with van der Waals surface area (Å²) in [5.74, 6) is -2.57. The van der Waals surface area contributed by atoms with Crippen molar-refractivity contribution in [1.29, 1.82) is 0 Å². The second-order valence-corrected chi connectivity index (χ2v) is 7.17. The molecule has 1 amide bonds. The molecule has 29 heavy (non-hydrogen) atoms. The molecule has 0 spiro atoms. The van der Waals surface area contributed by atoms with E-state index in [1.54, 1.807) is 6.26 Å². The number of amides is 1. The molecule has 1 atom stereocenters. The molecule has 1 aliphatic rings. The van der Waals surface area contributed by atoms with Gasteiger partial charge in [0.15, 0.2) is 10.9 Å². The van der Waals surface area contributed by atoms with Gasteiger partial charge in [-0.3, -0.25) is 14.6 Å². The Kier molecular flexibility index (Phi) is 6.55. The highest BCUT2D eigenvalue weighted by Gasteiger charge is 2.39. The maximum absolute atomic E-state index is 13.1. The van der Waals surface area contributed by atoms with Gasteiger partial charge in [-0.15, -0.1) is 0 Å². The Morgan fingerprint density at radius 3 is 2.62 bits per heavy atom. The quantitative estimate of drug-likeness (QED) is 0.432. The lowest BCUT2D eigenvalue weighted by atomic mass is 10.1. The Labute approximate surface area is 170 Å². The van der Waals surface area contributed by atoms with Gasteiger partial charge in [0.1, 0.15) is 17.6 Å². The summed E-state index contributed by atoms with van der Waals surface area (Å²) < 4.78 is 13.1. The summed E-state index contributed by atoms with van der Waals surface area (Å²) in [5, 5.41) is 12.5. The molecule has 3 rings (SSSR count). The molecule has 1 aromatic carbocycles. The Hall–Kier alpha value is -2.85. The van der Waals surface area contributed by atoms with Crippen LogP contribution < -0.4 is 0 Å². The number of carboxylic acid groups (broad SMARTS) is 1. The summed E-state index contributed by atoms with van der Waals surface area (Å²) >= 11 is 1.26. The van der Waals surface area contributed by atoms with E-state index in [2.05, 4.69) is 9.97 Å². The second-order valence-electron chi connectivity index (χ2n) is 6.39. The van der Waals surface area contributed by atoms with Crippen LogP contribution in [0.1, 0.15) is 33.7 Å². The van der Waals surface area contributed by atoms with Crippen molar-refractivity contribution in [3.8, 4) is 0 Å². The Morgan fingerprint density at radius 1 is 1.24 bits per heavy atom. The number of hydrogen-bond donors (Lipinski definition) is 1. The van der Waals surface area contributed by atoms with Crippen LogP contribution in [-0.4, -0.2) is 68.1 Å². The molecule has 10 heteroatoms. The zero-order valence-electron chi connectivity index (χ0n) is 15.6. The number of Topliss-reactive ketones (excluding diaryl/α,β-unsaturated/α-hetero) is 1. The molecule has 2 heterocycles. The molecule has 0 aliphatic carbocycles. The van der Waals surface area contributed by atoms with Crippen molar-refractivity contribution in [2.45, 2.75) is 24.0 Å². The van der Waals surface area contributed by atoms with Crippen LogP contribution in [0.25, 0.3) is 0 Å². The first-order valence-corrected chi connectivity index (χ1v) is 10.1. The third kappa shape index (κ3) is 4.77. The average Bonchev–Trinajstić information content (AvgIpc) is 2.73. The molecule has 1 fully saturated rings. The first-order chi connectivity index (χ1) is 13.9. The van der Waals surface area contributed by atoms with Gasteiger partial charge in [-0.1, -0.05) is 11.8 Å². The highest BCUT2D eigenvalue weighted by Crippen LogP contribution is 2.22. The van der Waals surface area contributed by atoms with Crippen molar-refractivity contribution in [2.75, 3.05) is 19.3 Å². The van der Waals surface area contributed by atoms with Gasteiger partial charge in [0, 0.05) is 18.3 Å². The first-order valence-electron chi connectivity index (χ1n) is 8.87. The van der Waals surface area contributed by atoms with E-state index in [0.717, 1.165) is 5.01 Å². The molecule has 2 aromatic rings. The van der Waals surface area contributed by atoms with Crippen molar-refractivity contribution in [3.63, 3.8) is 0 Å². The maximum atomic E-state index is 13.1. The third-order valence-corrected chi connectivity index (χ3v) is 5.08. The molecule has 1 N–H and O–H groups in total. The SMILES string of the molecule is CSc1nccc(C(=O)N2[C@H](C(=O)O)CCCN2CC(=O)c2ccc(F)cc2)n1. The molecule has 1 aliphatic heterocycles. The van der Waals surface area contributed by atoms with E-state index in [1.165, 1.54) is 53.3 Å². The van der Waals surface area contributed by atoms with Crippen LogP contribution in [0.4, 0.5) is 4.39 Å². The minimum Gasteiger partial charge on any atom is -0.480 e. The zero-order chi connectivity index (χ0) is 21.0. The minimum atomic E-state index is -1.16. The summed E-state index contributed by atoms with van der Waals surface area (Å²) in [4.78, 5) is 45.7. The lowest BCUT2D eigenvalue weighted by Gasteiger charge is -2.41. The molecule has 0 bridgehead atoms. The van der Waals surface area contributed by atoms with Crippen LogP contribution >= 0.6 is 11.8 Å². The smallest absolute Gasteiger partial charge is 0.328 e. The molecule has 8 nitrogen and oxygen atoms in total. The molecular formula is C19H19FN4O4S. The van der Waals surface area contributed by atoms with Gasteiger partial charge in [0.25, 0.3) is 5.91 Å². The monoisotopic (exact) mass is 418 g/mol. The molecule has 152 valence electrons. The normalized spacial score (nSPS) is 17.2. The Balaban J connectivity index is 1.89. The number of halogens is 1. The van der Waals surface area contributed by atoms with E-state index < -0.39 is 23.7 Å². The maximum Gasteiger partial charge on any atom is 0.328 e. The fourth-order valence-corrected chi connectivity index (χ4v) is 3.47. The van der Waals surface area contributed by atoms with E-state index >= 15 is 0 Å². The first kappa shape index (κ1) is 20.9. The van der Waals surface area contributed by atoms with Gasteiger partial charge in [-0.25, -0.2) is 24.2 Å². The zero-order valence-corrected chi connectivity index (χ0v) is 16.4. The summed E-state index contributed by atoms with van der Waals surface area (Å²) in [6.45, 7) is 0.130. The fraction of sp³-hybridized carbons (Fsp3) is 0.316. The molecular weight excluding hydrogens is 399 g/mol. The fourth-order valence-electron chi connectivity index (χ4n) is 3.12. The molecule has 1 aromatic heterocycles. The van der Waals surface area contributed by atoms with Gasteiger partial charge in [-0.05, 0) is 49.4 Å². The van der Waals surface area contributed by atoms with Crippen LogP contribution in [-0.2, 0) is 4.79 Å². The lowest BCUT2D eigenvalue weighted by molar-refractivity contribution is -0.152. The van der Waals surface area contributed by atoms with Gasteiger partial charge in [0.2, 0.25) is 0 Å². The number of benzene rings is 1. The number of nitrogens with zero attached hydrogens (tertiary/aromatic N) is 4. The van der Waals surface area contributed by atoms with E-state index in [4.69, 9.17) is 0 Å². The van der Waals surface area contributed by atoms with E-state index in [0.29, 0.717) is 18.1 Å². The third-order valence-electron chi connectivity index (χ3n) is 4.51. The molecule has 0 radical (unpaired) electrons. The van der Waals surface area contributed by atoms with Crippen molar-refractivity contribution in [2.24, 2.45) is 0 Å². The summed E-state index contributed by atoms with van der Waals surface area (Å²) in [6, 6.07) is 5.38. The van der Waals surface area contributed by atoms with Crippen LogP contribution in [0.15, 0.2) is 41.7 Å². The predicted octanol–water partition coefficient (Wildman–Crippen LogP) is 2.13. The van der Waals surface area contributed by atoms with Crippen molar-refractivity contribution in [3.05, 3.63) is 53.6 Å². The van der Waals surface area contributed by atoms with Gasteiger partial charge < -0.3 is 5.11 Å². The van der Waals surface area contributed by atoms with Crippen LogP contribution in [0.5, 0.6) is 0 Å². The second kappa shape index (κ2) is 9.10. The number of ketones is 1. The highest BCUT2D eigenvalue weighted by atomic mass is 32.2. The standard InChI is InChI=1S/C19H19FN4O4S/c1-29-19-21-9-8-14(22-19)17(26)24-15(18(27)28)3-2-10-23(24)11-16(25)12-4-6-13(20)7-5-12/h4-9,15H,2-3,10-11H2,1H3,(H,27,28)/t15-/m0/s1. The number of carbonyl (C=O) groups is 3. The summed E-state index contributed by atoms with van der Waals surface area (Å²) in [7, 11) is 0. The molecule has 0 unspecified atom stereocenters. The van der Waals surface area contributed by atoms with Crippen LogP contribution in [0.2, 0.25) is 0 Å². The summed E-state index contributed by atoms with van der Waals surface area (Å²) in [5.41, 5.74) is 0.333. The van der Waals surface area contributed by atoms with E-state index in [9.17, 15) is 23.9 Å². The highest BCUT2D eigenvalue weighted by molar-refractivity contribution is 7.98. The minimum absolute atomic E-state index is 0.0525. The number of carbonyl (C=O) groups excluding carboxylic acids is 2. The van der Waals surface area contributed by atoms with Gasteiger partial charge in [0.05, 0.1) is 6.54 Å². The number of hydrazine groups is 1. The molecule has 1 saturated heterocycles. The largest absolute Gasteiger partial charge is 0.480 e. The number of aliphatic carboxylic acids is 1. The number of thioether (sulfide) groups is 1. The van der Waals surface area contributed by atoms with Crippen LogP contribution in [0.3, 0.4) is 0 Å². The number of carboxylic acids is 1. The van der Waals surface area contributed by atoms with Crippen molar-refractivity contribution >= 4 is 29.4 Å². The van der Waals surface area contributed by atoms with Crippen molar-refractivity contribution in [1.82, 2.24) is 20.0 Å². The lowest BCUT2D eigenvalue weighted by Crippen LogP contribution is -2.59. The molecule has 0 saturated carbocycles. The predicted molar refractivity (Wildman–Crippen MR) is 103 cm³/mol.